The first-order chi connectivity index (χ1) is 8.78. The maximum absolute atomic E-state index is 13.9. The Balaban J connectivity index is 2.51. The molecule has 3 atom stereocenters. The van der Waals surface area contributed by atoms with Crippen molar-refractivity contribution in [2.24, 2.45) is 0 Å². The second kappa shape index (κ2) is 5.22. The molecule has 1 saturated heterocycles. The third-order valence-corrected chi connectivity index (χ3v) is 4.14. The third-order valence-electron chi connectivity index (χ3n) is 2.71. The Morgan fingerprint density at radius 3 is 2.74 bits per heavy atom. The number of aromatic nitrogens is 2. The van der Waals surface area contributed by atoms with Crippen molar-refractivity contribution >= 4 is 38.5 Å². The molecule has 6 nitrogen and oxygen atoms in total. The zero-order chi connectivity index (χ0) is 14.4. The first-order valence-corrected chi connectivity index (χ1v) is 7.39. The zero-order valence-electron chi connectivity index (χ0n) is 9.15. The van der Waals surface area contributed by atoms with E-state index in [1.165, 1.54) is 0 Å². The van der Waals surface area contributed by atoms with E-state index in [4.69, 9.17) is 4.74 Å². The molecule has 106 valence electrons. The first-order valence-electron chi connectivity index (χ1n) is 5.07. The van der Waals surface area contributed by atoms with Gasteiger partial charge in [-0.1, -0.05) is 22.6 Å². The fourth-order valence-corrected chi connectivity index (χ4v) is 2.74. The molecule has 0 spiro atoms. The number of hydrogen-bond donors (Lipinski definition) is 2. The highest BCUT2D eigenvalue weighted by Crippen LogP contribution is 2.42. The van der Waals surface area contributed by atoms with Gasteiger partial charge in [0.25, 0.3) is 5.56 Å². The van der Waals surface area contributed by atoms with Gasteiger partial charge in [0.1, 0.15) is 12.2 Å². The maximum Gasteiger partial charge on any atom is 0.330 e. The molecule has 2 rings (SSSR count). The van der Waals surface area contributed by atoms with Gasteiger partial charge in [0.05, 0.1) is 4.47 Å². The van der Waals surface area contributed by atoms with Gasteiger partial charge in [-0.05, 0) is 15.9 Å². The van der Waals surface area contributed by atoms with Crippen molar-refractivity contribution in [3.63, 3.8) is 0 Å². The van der Waals surface area contributed by atoms with Crippen LogP contribution < -0.4 is 11.2 Å². The predicted octanol–water partition coefficient (Wildman–Crippen LogP) is 0.628. The fourth-order valence-electron chi connectivity index (χ4n) is 1.73. The molecule has 0 bridgehead atoms. The number of alkyl halides is 3. The lowest BCUT2D eigenvalue weighted by Crippen LogP contribution is -2.42. The van der Waals surface area contributed by atoms with Crippen molar-refractivity contribution in [2.75, 3.05) is 4.43 Å². The topological polar surface area (TPSA) is 84.3 Å². The summed E-state index contributed by atoms with van der Waals surface area (Å²) >= 11 is 4.64. The average Bonchev–Trinajstić information content (AvgIpc) is 2.56. The van der Waals surface area contributed by atoms with Crippen LogP contribution in [0.2, 0.25) is 0 Å². The van der Waals surface area contributed by atoms with Gasteiger partial charge in [-0.2, -0.15) is 8.78 Å². The Morgan fingerprint density at radius 1 is 1.58 bits per heavy atom. The quantitative estimate of drug-likeness (QED) is 0.509. The SMILES string of the molecule is O=c1[nH]c(=O)n([C@@H]2O[C@H](CI)[C@@H](O)C2(F)F)cc1Br. The minimum Gasteiger partial charge on any atom is -0.384 e. The number of halogens is 4. The fraction of sp³-hybridized carbons (Fsp3) is 0.556. The van der Waals surface area contributed by atoms with Crippen LogP contribution >= 0.6 is 38.5 Å². The van der Waals surface area contributed by atoms with Crippen LogP contribution in [-0.4, -0.2) is 37.2 Å². The number of nitrogens with zero attached hydrogens (tertiary/aromatic N) is 1. The molecule has 0 aromatic carbocycles. The second-order valence-electron chi connectivity index (χ2n) is 3.94. The van der Waals surface area contributed by atoms with Gasteiger partial charge >= 0.3 is 11.6 Å². The molecular formula is C9H8BrF2IN2O4. The summed E-state index contributed by atoms with van der Waals surface area (Å²) in [6.07, 6.45) is -4.13. The highest BCUT2D eigenvalue weighted by Gasteiger charge is 2.59. The molecule has 0 amide bonds. The van der Waals surface area contributed by atoms with Crippen LogP contribution in [0.5, 0.6) is 0 Å². The third kappa shape index (κ3) is 2.50. The van der Waals surface area contributed by atoms with E-state index in [2.05, 4.69) is 15.9 Å². The normalized spacial score (nSPS) is 29.6. The van der Waals surface area contributed by atoms with Gasteiger partial charge in [0, 0.05) is 10.6 Å². The number of nitrogens with one attached hydrogen (secondary N) is 1. The minimum atomic E-state index is -3.63. The monoisotopic (exact) mass is 452 g/mol. The van der Waals surface area contributed by atoms with Crippen molar-refractivity contribution in [3.8, 4) is 0 Å². The number of rotatable bonds is 2. The Kier molecular flexibility index (Phi) is 4.14. The highest BCUT2D eigenvalue weighted by atomic mass is 127. The number of ether oxygens (including phenoxy) is 1. The van der Waals surface area contributed by atoms with Gasteiger partial charge in [0.2, 0.25) is 6.23 Å². The van der Waals surface area contributed by atoms with Crippen molar-refractivity contribution in [1.82, 2.24) is 9.55 Å². The van der Waals surface area contributed by atoms with Crippen LogP contribution in [0.15, 0.2) is 20.3 Å². The molecule has 1 aromatic rings. The van der Waals surface area contributed by atoms with E-state index in [9.17, 15) is 23.5 Å². The molecule has 0 unspecified atom stereocenters. The van der Waals surface area contributed by atoms with Gasteiger partial charge in [-0.3, -0.25) is 14.3 Å². The number of aliphatic hydroxyl groups excluding tert-OH is 1. The number of H-pyrrole nitrogens is 1. The van der Waals surface area contributed by atoms with E-state index in [0.29, 0.717) is 4.57 Å². The summed E-state index contributed by atoms with van der Waals surface area (Å²) in [5.74, 6) is -3.63. The summed E-state index contributed by atoms with van der Waals surface area (Å²) in [7, 11) is 0. The van der Waals surface area contributed by atoms with E-state index < -0.39 is 35.6 Å². The first kappa shape index (κ1) is 15.1. The lowest BCUT2D eigenvalue weighted by atomic mass is 10.1. The van der Waals surface area contributed by atoms with Crippen LogP contribution in [0.1, 0.15) is 6.23 Å². The van der Waals surface area contributed by atoms with Gasteiger partial charge in [0.15, 0.2) is 0 Å². The number of aromatic amines is 1. The van der Waals surface area contributed by atoms with Crippen molar-refractivity contribution in [3.05, 3.63) is 31.5 Å². The smallest absolute Gasteiger partial charge is 0.330 e. The van der Waals surface area contributed by atoms with Crippen molar-refractivity contribution < 1.29 is 18.6 Å². The molecule has 19 heavy (non-hydrogen) atoms. The lowest BCUT2D eigenvalue weighted by molar-refractivity contribution is -0.140. The standard InChI is InChI=1S/C9H8BrF2IN2O4/c10-3-2-15(8(18)14-6(3)17)7-9(11,12)5(16)4(1-13)19-7/h2,4-5,7,16H,1H2,(H,14,17,18)/t4-,5-,7-/m1/s1. The molecule has 1 fully saturated rings. The van der Waals surface area contributed by atoms with E-state index in [1.807, 2.05) is 4.98 Å². The van der Waals surface area contributed by atoms with Gasteiger partial charge in [-0.15, -0.1) is 0 Å². The molecule has 1 aromatic heterocycles. The van der Waals surface area contributed by atoms with E-state index in [-0.39, 0.29) is 8.90 Å². The summed E-state index contributed by atoms with van der Waals surface area (Å²) in [5, 5.41) is 9.48. The Morgan fingerprint density at radius 2 is 2.21 bits per heavy atom. The van der Waals surface area contributed by atoms with Gasteiger partial charge in [-0.25, -0.2) is 4.79 Å². The van der Waals surface area contributed by atoms with Crippen LogP contribution in [0.3, 0.4) is 0 Å². The maximum atomic E-state index is 13.9. The van der Waals surface area contributed by atoms with Crippen LogP contribution in [0, 0.1) is 0 Å². The van der Waals surface area contributed by atoms with Crippen LogP contribution in [0.25, 0.3) is 0 Å². The zero-order valence-corrected chi connectivity index (χ0v) is 12.9. The molecule has 0 saturated carbocycles. The van der Waals surface area contributed by atoms with Crippen LogP contribution in [-0.2, 0) is 4.74 Å². The summed E-state index contributed by atoms with van der Waals surface area (Å²) < 4.78 is 33.4. The molecular weight excluding hydrogens is 445 g/mol. The molecule has 10 heteroatoms. The Hall–Kier alpha value is -0.330. The summed E-state index contributed by atoms with van der Waals surface area (Å²) in [4.78, 5) is 24.6. The summed E-state index contributed by atoms with van der Waals surface area (Å²) in [5.41, 5.74) is -1.76. The summed E-state index contributed by atoms with van der Waals surface area (Å²) in [6, 6.07) is 0. The summed E-state index contributed by atoms with van der Waals surface area (Å²) in [6.45, 7) is 0. The second-order valence-corrected chi connectivity index (χ2v) is 5.68. The Bertz CT molecular complexity index is 605. The van der Waals surface area contributed by atoms with E-state index >= 15 is 0 Å². The predicted molar refractivity (Wildman–Crippen MR) is 72.8 cm³/mol. The number of aliphatic hydroxyl groups is 1. The Labute approximate surface area is 127 Å². The molecule has 2 N–H and O–H groups in total. The van der Waals surface area contributed by atoms with Crippen LogP contribution in [0.4, 0.5) is 8.78 Å². The molecule has 1 aliphatic rings. The van der Waals surface area contributed by atoms with E-state index in [0.717, 1.165) is 6.20 Å². The minimum absolute atomic E-state index is 0.0843. The van der Waals surface area contributed by atoms with Gasteiger partial charge < -0.3 is 9.84 Å². The average molecular weight is 453 g/mol. The number of hydrogen-bond acceptors (Lipinski definition) is 4. The molecule has 1 aliphatic heterocycles. The van der Waals surface area contributed by atoms with E-state index in [1.54, 1.807) is 22.6 Å². The molecule has 0 aliphatic carbocycles. The largest absolute Gasteiger partial charge is 0.384 e. The van der Waals surface area contributed by atoms with Crippen molar-refractivity contribution in [2.45, 2.75) is 24.4 Å². The van der Waals surface area contributed by atoms with Crippen molar-refractivity contribution in [1.29, 1.82) is 0 Å². The molecule has 2 heterocycles. The molecule has 0 radical (unpaired) electrons. The highest BCUT2D eigenvalue weighted by molar-refractivity contribution is 14.1. The lowest BCUT2D eigenvalue weighted by Gasteiger charge is -2.21.